The molecule has 0 amide bonds. The Morgan fingerprint density at radius 2 is 1.48 bits per heavy atom. The molecule has 0 radical (unpaired) electrons. The third-order valence-corrected chi connectivity index (χ3v) is 4.14. The molecule has 1 saturated heterocycles. The Hall–Kier alpha value is -0.160. The highest BCUT2D eigenvalue weighted by atomic mass is 16.5. The number of hydrogen-bond donors (Lipinski definition) is 2. The van der Waals surface area contributed by atoms with E-state index in [0.717, 1.165) is 38.8 Å². The minimum Gasteiger partial charge on any atom is -0.394 e. The molecule has 0 aromatic carbocycles. The van der Waals surface area contributed by atoms with Gasteiger partial charge in [0, 0.05) is 18.6 Å². The number of rotatable bonds is 4. The Balaban J connectivity index is 0.000000921. The van der Waals surface area contributed by atoms with Crippen molar-refractivity contribution < 1.29 is 14.9 Å². The van der Waals surface area contributed by atoms with Gasteiger partial charge in [-0.3, -0.25) is 4.90 Å². The lowest BCUT2D eigenvalue weighted by molar-refractivity contribution is -0.122. The molecule has 4 nitrogen and oxygen atoms in total. The molecule has 2 fully saturated rings. The number of piperidine rings is 1. The molecule has 2 N–H and O–H groups in total. The summed E-state index contributed by atoms with van der Waals surface area (Å²) in [5.41, 5.74) is -0.113. The summed E-state index contributed by atoms with van der Waals surface area (Å²) in [6.07, 6.45) is 4.19. The van der Waals surface area contributed by atoms with Gasteiger partial charge in [0.1, 0.15) is 0 Å². The van der Waals surface area contributed by atoms with Crippen LogP contribution in [0.3, 0.4) is 0 Å². The van der Waals surface area contributed by atoms with Gasteiger partial charge in [0.05, 0.1) is 24.9 Å². The van der Waals surface area contributed by atoms with Crippen molar-refractivity contribution in [1.82, 2.24) is 4.90 Å². The third-order valence-electron chi connectivity index (χ3n) is 4.14. The van der Waals surface area contributed by atoms with Crippen molar-refractivity contribution in [3.63, 3.8) is 0 Å². The SMILES string of the molecule is CC.CC.CC(C)(CO)N1CCC(OC2CC(O)C2)CC1. The highest BCUT2D eigenvalue weighted by Gasteiger charge is 2.34. The summed E-state index contributed by atoms with van der Waals surface area (Å²) in [6, 6.07) is 0. The van der Waals surface area contributed by atoms with Gasteiger partial charge < -0.3 is 14.9 Å². The van der Waals surface area contributed by atoms with E-state index < -0.39 is 0 Å². The Morgan fingerprint density at radius 3 is 1.86 bits per heavy atom. The van der Waals surface area contributed by atoms with E-state index in [-0.39, 0.29) is 24.4 Å². The number of hydrogen-bond acceptors (Lipinski definition) is 4. The van der Waals surface area contributed by atoms with Crippen LogP contribution in [0.4, 0.5) is 0 Å². The van der Waals surface area contributed by atoms with Gasteiger partial charge in [0.2, 0.25) is 0 Å². The summed E-state index contributed by atoms with van der Waals surface area (Å²) < 4.78 is 5.94. The molecule has 1 aliphatic carbocycles. The molecule has 1 heterocycles. The van der Waals surface area contributed by atoms with E-state index in [4.69, 9.17) is 4.74 Å². The van der Waals surface area contributed by atoms with Crippen LogP contribution < -0.4 is 0 Å². The van der Waals surface area contributed by atoms with Crippen molar-refractivity contribution >= 4 is 0 Å². The van der Waals surface area contributed by atoms with Crippen molar-refractivity contribution in [1.29, 1.82) is 0 Å². The first-order valence-corrected chi connectivity index (χ1v) is 8.70. The number of ether oxygens (including phenoxy) is 1. The number of nitrogens with zero attached hydrogens (tertiary/aromatic N) is 1. The topological polar surface area (TPSA) is 52.9 Å². The lowest BCUT2D eigenvalue weighted by atomic mass is 9.91. The van der Waals surface area contributed by atoms with E-state index in [9.17, 15) is 10.2 Å². The van der Waals surface area contributed by atoms with Crippen molar-refractivity contribution in [2.24, 2.45) is 0 Å². The Morgan fingerprint density at radius 1 is 1.00 bits per heavy atom. The summed E-state index contributed by atoms with van der Waals surface area (Å²) in [5.74, 6) is 0. The number of aliphatic hydroxyl groups excluding tert-OH is 2. The second-order valence-corrected chi connectivity index (χ2v) is 6.04. The maximum atomic E-state index is 9.33. The molecule has 1 saturated carbocycles. The lowest BCUT2D eigenvalue weighted by Crippen LogP contribution is -2.52. The molecule has 0 unspecified atom stereocenters. The second-order valence-electron chi connectivity index (χ2n) is 6.04. The molecule has 0 bridgehead atoms. The van der Waals surface area contributed by atoms with E-state index in [2.05, 4.69) is 18.7 Å². The van der Waals surface area contributed by atoms with Crippen LogP contribution in [0.25, 0.3) is 0 Å². The summed E-state index contributed by atoms with van der Waals surface area (Å²) >= 11 is 0. The molecule has 2 rings (SSSR count). The number of likely N-dealkylation sites (tertiary alicyclic amines) is 1. The standard InChI is InChI=1S/C13H25NO3.2C2H6/c1-13(2,9-15)14-5-3-11(4-6-14)17-12-7-10(16)8-12;2*1-2/h10-12,15-16H,3-9H2,1-2H3;2*1-2H3. The maximum absolute atomic E-state index is 9.33. The van der Waals surface area contributed by atoms with Crippen molar-refractivity contribution in [2.75, 3.05) is 19.7 Å². The zero-order valence-electron chi connectivity index (χ0n) is 14.9. The fourth-order valence-corrected chi connectivity index (χ4v) is 2.62. The van der Waals surface area contributed by atoms with E-state index in [0.29, 0.717) is 6.10 Å². The monoisotopic (exact) mass is 303 g/mol. The molecular formula is C17H37NO3. The Kier molecular flexibility index (Phi) is 10.5. The summed E-state index contributed by atoms with van der Waals surface area (Å²) in [7, 11) is 0. The van der Waals surface area contributed by atoms with Crippen LogP contribution >= 0.6 is 0 Å². The average molecular weight is 303 g/mol. The molecule has 4 heteroatoms. The molecule has 21 heavy (non-hydrogen) atoms. The van der Waals surface area contributed by atoms with Crippen LogP contribution in [-0.2, 0) is 4.74 Å². The van der Waals surface area contributed by atoms with Crippen molar-refractivity contribution in [2.45, 2.75) is 91.1 Å². The summed E-state index contributed by atoms with van der Waals surface area (Å²) in [5, 5.41) is 18.5. The smallest absolute Gasteiger partial charge is 0.0628 e. The predicted molar refractivity (Wildman–Crippen MR) is 88.6 cm³/mol. The largest absolute Gasteiger partial charge is 0.394 e. The quantitative estimate of drug-likeness (QED) is 0.838. The minimum atomic E-state index is -0.131. The van der Waals surface area contributed by atoms with Crippen molar-refractivity contribution in [3.05, 3.63) is 0 Å². The molecule has 128 valence electrons. The van der Waals surface area contributed by atoms with Crippen LogP contribution in [-0.4, -0.2) is 58.7 Å². The number of aliphatic hydroxyl groups is 2. The predicted octanol–water partition coefficient (Wildman–Crippen LogP) is 2.81. The van der Waals surface area contributed by atoms with Crippen LogP contribution in [0.1, 0.15) is 67.2 Å². The molecular weight excluding hydrogens is 266 g/mol. The van der Waals surface area contributed by atoms with Crippen LogP contribution in [0.2, 0.25) is 0 Å². The summed E-state index contributed by atoms with van der Waals surface area (Å²) in [6.45, 7) is 14.3. The molecule has 2 aliphatic rings. The van der Waals surface area contributed by atoms with E-state index in [1.807, 2.05) is 27.7 Å². The first kappa shape index (κ1) is 20.8. The fourth-order valence-electron chi connectivity index (χ4n) is 2.62. The average Bonchev–Trinajstić information content (AvgIpc) is 2.50. The molecule has 0 aromatic rings. The van der Waals surface area contributed by atoms with E-state index in [1.54, 1.807) is 0 Å². The van der Waals surface area contributed by atoms with Gasteiger partial charge >= 0.3 is 0 Å². The highest BCUT2D eigenvalue weighted by molar-refractivity contribution is 4.87. The molecule has 0 spiro atoms. The Labute approximate surface area is 131 Å². The fraction of sp³-hybridized carbons (Fsp3) is 1.00. The van der Waals surface area contributed by atoms with Crippen LogP contribution in [0, 0.1) is 0 Å². The van der Waals surface area contributed by atoms with Gasteiger partial charge in [0.15, 0.2) is 0 Å². The van der Waals surface area contributed by atoms with Gasteiger partial charge in [-0.05, 0) is 39.5 Å². The van der Waals surface area contributed by atoms with E-state index >= 15 is 0 Å². The highest BCUT2D eigenvalue weighted by Crippen LogP contribution is 2.28. The van der Waals surface area contributed by atoms with Gasteiger partial charge in [-0.2, -0.15) is 0 Å². The normalized spacial score (nSPS) is 26.9. The van der Waals surface area contributed by atoms with Gasteiger partial charge in [-0.1, -0.05) is 27.7 Å². The van der Waals surface area contributed by atoms with Gasteiger partial charge in [0.25, 0.3) is 0 Å². The maximum Gasteiger partial charge on any atom is 0.0628 e. The second kappa shape index (κ2) is 10.5. The molecule has 0 atom stereocenters. The zero-order valence-corrected chi connectivity index (χ0v) is 14.9. The molecule has 0 aromatic heterocycles. The van der Waals surface area contributed by atoms with E-state index in [1.165, 1.54) is 0 Å². The Bertz CT molecular complexity index is 244. The third kappa shape index (κ3) is 6.64. The first-order chi connectivity index (χ1) is 10.0. The summed E-state index contributed by atoms with van der Waals surface area (Å²) in [4.78, 5) is 2.34. The van der Waals surface area contributed by atoms with Gasteiger partial charge in [-0.15, -0.1) is 0 Å². The first-order valence-electron chi connectivity index (χ1n) is 8.70. The lowest BCUT2D eigenvalue weighted by Gasteiger charge is -2.43. The van der Waals surface area contributed by atoms with Crippen LogP contribution in [0.5, 0.6) is 0 Å². The van der Waals surface area contributed by atoms with Gasteiger partial charge in [-0.25, -0.2) is 0 Å². The van der Waals surface area contributed by atoms with Crippen molar-refractivity contribution in [3.8, 4) is 0 Å². The molecule has 1 aliphatic heterocycles. The van der Waals surface area contributed by atoms with Crippen LogP contribution in [0.15, 0.2) is 0 Å². The zero-order chi connectivity index (χ0) is 16.5. The minimum absolute atomic E-state index is 0.113.